The van der Waals surface area contributed by atoms with Crippen LogP contribution in [0.2, 0.25) is 0 Å². The first-order chi connectivity index (χ1) is 17.5. The molecule has 0 saturated heterocycles. The molecule has 0 amide bonds. The van der Waals surface area contributed by atoms with Crippen LogP contribution in [0.15, 0.2) is 53.5 Å². The topological polar surface area (TPSA) is 92.4 Å². The van der Waals surface area contributed by atoms with Gasteiger partial charge in [0.2, 0.25) is 0 Å². The first kappa shape index (κ1) is 24.7. The Morgan fingerprint density at radius 2 is 1.81 bits per heavy atom. The average Bonchev–Trinajstić information content (AvgIpc) is 3.31. The molecule has 2 N–H and O–H groups in total. The monoisotopic (exact) mass is 525 g/mol. The Balaban J connectivity index is 1.56. The summed E-state index contributed by atoms with van der Waals surface area (Å²) in [5.41, 5.74) is 3.49. The summed E-state index contributed by atoms with van der Waals surface area (Å²) in [6, 6.07) is 11.4. The zero-order valence-corrected chi connectivity index (χ0v) is 20.9. The predicted octanol–water partition coefficient (Wildman–Crippen LogP) is 6.38. The number of aliphatic carboxylic acids is 1. The number of benzene rings is 2. The number of halogens is 3. The Morgan fingerprint density at radius 3 is 2.49 bits per heavy atom. The van der Waals surface area contributed by atoms with Crippen molar-refractivity contribution in [1.82, 2.24) is 14.8 Å². The zero-order chi connectivity index (χ0) is 26.5. The lowest BCUT2D eigenvalue weighted by Gasteiger charge is -2.13. The molecule has 1 aliphatic heterocycles. The molecule has 2 aromatic heterocycles. The maximum atomic E-state index is 13.1. The molecular formula is C26H22F3N5O2S. The van der Waals surface area contributed by atoms with Crippen LogP contribution in [0.5, 0.6) is 0 Å². The van der Waals surface area contributed by atoms with Gasteiger partial charge < -0.3 is 10.4 Å². The van der Waals surface area contributed by atoms with Crippen LogP contribution in [0.4, 0.5) is 24.5 Å². The molecular weight excluding hydrogens is 503 g/mol. The van der Waals surface area contributed by atoms with Crippen molar-refractivity contribution in [3.8, 4) is 5.00 Å². The number of anilines is 2. The number of fused-ring (bicyclic) bond motifs is 3. The quantitative estimate of drug-likeness (QED) is 0.315. The first-order valence-electron chi connectivity index (χ1n) is 11.4. The number of aromatic nitrogens is 3. The van der Waals surface area contributed by atoms with Gasteiger partial charge in [-0.15, -0.1) is 21.5 Å². The number of aliphatic imine (C=N–C) groups is 1. The van der Waals surface area contributed by atoms with Crippen LogP contribution >= 0.6 is 11.3 Å². The van der Waals surface area contributed by atoms with E-state index in [1.165, 1.54) is 6.07 Å². The van der Waals surface area contributed by atoms with E-state index in [2.05, 4.69) is 15.5 Å². The van der Waals surface area contributed by atoms with Gasteiger partial charge in [0.05, 0.1) is 17.7 Å². The van der Waals surface area contributed by atoms with E-state index in [1.54, 1.807) is 29.5 Å². The number of carbonyl (C=O) groups is 1. The maximum Gasteiger partial charge on any atom is 0.416 e. The molecule has 0 spiro atoms. The number of hydrogen-bond acceptors (Lipinski definition) is 6. The second kappa shape index (κ2) is 9.15. The third kappa shape index (κ3) is 4.62. The fourth-order valence-electron chi connectivity index (χ4n) is 4.34. The van der Waals surface area contributed by atoms with E-state index in [4.69, 9.17) is 4.99 Å². The number of nitrogens with one attached hydrogen (secondary N) is 1. The molecule has 5 rings (SSSR count). The molecule has 0 bridgehead atoms. The number of aryl methyl sites for hydroxylation is 2. The number of nitrogens with zero attached hydrogens (tertiary/aromatic N) is 4. The number of carboxylic acids is 1. The second-order valence-electron chi connectivity index (χ2n) is 8.78. The molecule has 3 heterocycles. The van der Waals surface area contributed by atoms with E-state index < -0.39 is 23.8 Å². The van der Waals surface area contributed by atoms with Gasteiger partial charge in [-0.1, -0.05) is 18.2 Å². The van der Waals surface area contributed by atoms with Gasteiger partial charge in [0.1, 0.15) is 16.9 Å². The summed E-state index contributed by atoms with van der Waals surface area (Å²) in [4.78, 5) is 17.6. The van der Waals surface area contributed by atoms with Crippen LogP contribution < -0.4 is 5.32 Å². The summed E-state index contributed by atoms with van der Waals surface area (Å²) in [6.07, 6.45) is -4.68. The Bertz CT molecular complexity index is 1540. The average molecular weight is 526 g/mol. The van der Waals surface area contributed by atoms with Crippen LogP contribution in [0.25, 0.3) is 5.00 Å². The molecule has 1 aliphatic rings. The minimum Gasteiger partial charge on any atom is -0.481 e. The Kier molecular flexibility index (Phi) is 6.10. The molecule has 2 aromatic carbocycles. The van der Waals surface area contributed by atoms with Crippen LogP contribution in [0.3, 0.4) is 0 Å². The van der Waals surface area contributed by atoms with Crippen molar-refractivity contribution in [2.45, 2.75) is 39.4 Å². The van der Waals surface area contributed by atoms with Gasteiger partial charge in [0.25, 0.3) is 0 Å². The standard InChI is InChI=1S/C26H22F3N5O2S/c1-13-14(2)37-25-22(13)23(31-20(12-21(35)36)24-33-32-15(3)34(24)25)16-7-9-18(10-8-16)30-19-6-4-5-17(11-19)26(27,28)29/h4-11,20,30H,12H2,1-3H3,(H,35,36)/t20-/m0/s1. The van der Waals surface area contributed by atoms with Gasteiger partial charge in [0, 0.05) is 27.4 Å². The van der Waals surface area contributed by atoms with Crippen molar-refractivity contribution in [2.24, 2.45) is 4.99 Å². The molecule has 37 heavy (non-hydrogen) atoms. The van der Waals surface area contributed by atoms with Crippen LogP contribution in [0.1, 0.15) is 51.2 Å². The van der Waals surface area contributed by atoms with Gasteiger partial charge in [-0.05, 0) is 56.7 Å². The normalized spacial score (nSPS) is 15.0. The highest BCUT2D eigenvalue weighted by molar-refractivity contribution is 7.15. The minimum absolute atomic E-state index is 0.246. The molecule has 0 aliphatic carbocycles. The third-order valence-corrected chi connectivity index (χ3v) is 7.44. The molecule has 7 nitrogen and oxygen atoms in total. The Morgan fingerprint density at radius 1 is 1.08 bits per heavy atom. The summed E-state index contributed by atoms with van der Waals surface area (Å²) in [5, 5.41) is 21.9. The first-order valence-corrected chi connectivity index (χ1v) is 12.2. The van der Waals surface area contributed by atoms with Crippen molar-refractivity contribution in [2.75, 3.05) is 5.32 Å². The number of carboxylic acid groups (broad SMARTS) is 1. The van der Waals surface area contributed by atoms with E-state index in [0.717, 1.165) is 38.7 Å². The van der Waals surface area contributed by atoms with Gasteiger partial charge in [-0.3, -0.25) is 14.4 Å². The molecule has 0 saturated carbocycles. The van der Waals surface area contributed by atoms with Gasteiger partial charge in [-0.2, -0.15) is 13.2 Å². The molecule has 0 radical (unpaired) electrons. The number of hydrogen-bond donors (Lipinski definition) is 2. The largest absolute Gasteiger partial charge is 0.481 e. The molecule has 11 heteroatoms. The molecule has 0 fully saturated rings. The summed E-state index contributed by atoms with van der Waals surface area (Å²) in [6.45, 7) is 5.84. The predicted molar refractivity (Wildman–Crippen MR) is 135 cm³/mol. The zero-order valence-electron chi connectivity index (χ0n) is 20.1. The third-order valence-electron chi connectivity index (χ3n) is 6.24. The fraction of sp³-hybridized carbons (Fsp3) is 0.231. The van der Waals surface area contributed by atoms with Crippen LogP contribution in [-0.4, -0.2) is 31.6 Å². The fourth-order valence-corrected chi connectivity index (χ4v) is 5.56. The van der Waals surface area contributed by atoms with E-state index in [-0.39, 0.29) is 6.42 Å². The molecule has 0 unspecified atom stereocenters. The van der Waals surface area contributed by atoms with Crippen molar-refractivity contribution in [3.05, 3.63) is 87.3 Å². The van der Waals surface area contributed by atoms with Gasteiger partial charge in [0.15, 0.2) is 5.82 Å². The van der Waals surface area contributed by atoms with Gasteiger partial charge >= 0.3 is 12.1 Å². The summed E-state index contributed by atoms with van der Waals surface area (Å²) in [7, 11) is 0. The highest BCUT2D eigenvalue weighted by Crippen LogP contribution is 2.39. The smallest absolute Gasteiger partial charge is 0.416 e. The van der Waals surface area contributed by atoms with Gasteiger partial charge in [-0.25, -0.2) is 0 Å². The second-order valence-corrected chi connectivity index (χ2v) is 9.98. The lowest BCUT2D eigenvalue weighted by molar-refractivity contribution is -0.138. The molecule has 1 atom stereocenters. The van der Waals surface area contributed by atoms with Crippen molar-refractivity contribution >= 4 is 34.4 Å². The Hall–Kier alpha value is -3.99. The number of rotatable bonds is 5. The minimum atomic E-state index is -4.43. The van der Waals surface area contributed by atoms with Crippen molar-refractivity contribution in [3.63, 3.8) is 0 Å². The maximum absolute atomic E-state index is 13.1. The number of alkyl halides is 3. The van der Waals surface area contributed by atoms with E-state index in [0.29, 0.717) is 28.7 Å². The lowest BCUT2D eigenvalue weighted by Crippen LogP contribution is -2.10. The van der Waals surface area contributed by atoms with E-state index in [1.807, 2.05) is 37.5 Å². The highest BCUT2D eigenvalue weighted by Gasteiger charge is 2.32. The van der Waals surface area contributed by atoms with Crippen molar-refractivity contribution in [1.29, 1.82) is 0 Å². The van der Waals surface area contributed by atoms with Crippen LogP contribution in [-0.2, 0) is 11.0 Å². The summed E-state index contributed by atoms with van der Waals surface area (Å²) in [5.74, 6) is 0.115. The van der Waals surface area contributed by atoms with Crippen LogP contribution in [0, 0.1) is 20.8 Å². The molecule has 4 aromatic rings. The highest BCUT2D eigenvalue weighted by atomic mass is 32.1. The van der Waals surface area contributed by atoms with E-state index in [9.17, 15) is 23.1 Å². The van der Waals surface area contributed by atoms with Crippen molar-refractivity contribution < 1.29 is 23.1 Å². The summed E-state index contributed by atoms with van der Waals surface area (Å²) >= 11 is 1.57. The number of thiophene rings is 1. The molecule has 190 valence electrons. The van der Waals surface area contributed by atoms with E-state index >= 15 is 0 Å². The Labute approximate surface area is 214 Å². The lowest BCUT2D eigenvalue weighted by atomic mass is 9.99. The SMILES string of the molecule is Cc1sc2c(c1C)C(c1ccc(Nc3cccc(C(F)(F)F)c3)cc1)=N[C@@H](CC(=O)O)c1nnc(C)n1-2. The summed E-state index contributed by atoms with van der Waals surface area (Å²) < 4.78 is 41.1.